The first-order chi connectivity index (χ1) is 13.7. The van der Waals surface area contributed by atoms with Gasteiger partial charge in [0, 0.05) is 23.4 Å². The van der Waals surface area contributed by atoms with E-state index in [-0.39, 0.29) is 29.6 Å². The number of halogens is 2. The van der Waals surface area contributed by atoms with Gasteiger partial charge in [0.05, 0.1) is 26.8 Å². The van der Waals surface area contributed by atoms with Crippen LogP contribution in [-0.2, 0) is 11.3 Å². The van der Waals surface area contributed by atoms with E-state index >= 15 is 0 Å². The third-order valence-electron chi connectivity index (χ3n) is 3.94. The molecule has 10 heteroatoms. The molecule has 0 spiro atoms. The Bertz CT molecular complexity index is 1080. The monoisotopic (exact) mass is 478 g/mol. The van der Waals surface area contributed by atoms with Gasteiger partial charge in [-0.25, -0.2) is 0 Å². The normalized spacial score (nSPS) is 10.6. The summed E-state index contributed by atoms with van der Waals surface area (Å²) in [5.41, 5.74) is 1.56. The number of nitrogens with zero attached hydrogens (tertiary/aromatic N) is 3. The van der Waals surface area contributed by atoms with E-state index in [1.54, 1.807) is 31.3 Å². The second-order valence-corrected chi connectivity index (χ2v) is 7.58. The zero-order valence-corrected chi connectivity index (χ0v) is 17.8. The van der Waals surface area contributed by atoms with Crippen molar-refractivity contribution in [3.8, 4) is 11.5 Å². The first-order valence-electron chi connectivity index (χ1n) is 8.44. The average molecular weight is 480 g/mol. The number of rotatable bonds is 6. The van der Waals surface area contributed by atoms with Crippen LogP contribution in [-0.4, -0.2) is 20.6 Å². The van der Waals surface area contributed by atoms with Crippen LogP contribution in [0.2, 0.25) is 5.02 Å². The predicted octanol–water partition coefficient (Wildman–Crippen LogP) is 5.26. The van der Waals surface area contributed by atoms with Crippen molar-refractivity contribution in [3.05, 3.63) is 73.5 Å². The minimum absolute atomic E-state index is 0.0401. The molecule has 8 nitrogen and oxygen atoms in total. The number of amides is 1. The molecule has 0 saturated carbocycles. The lowest BCUT2D eigenvalue weighted by Crippen LogP contribution is -2.19. The number of non-ortho nitro benzene ring substituents is 1. The maximum atomic E-state index is 12.3. The van der Waals surface area contributed by atoms with Crippen LogP contribution in [0.1, 0.15) is 11.3 Å². The van der Waals surface area contributed by atoms with Gasteiger partial charge in [-0.05, 0) is 53.5 Å². The summed E-state index contributed by atoms with van der Waals surface area (Å²) in [6, 6.07) is 9.13. The molecule has 0 fully saturated rings. The molecule has 0 aliphatic carbocycles. The summed E-state index contributed by atoms with van der Waals surface area (Å²) >= 11 is 9.28. The molecule has 150 valence electrons. The van der Waals surface area contributed by atoms with Crippen LogP contribution in [0.3, 0.4) is 0 Å². The molecule has 1 heterocycles. The highest BCUT2D eigenvalue weighted by Gasteiger charge is 2.15. The SMILES string of the molecule is Cc1cc(Cl)ccc1Oc1cc(NC(=O)Cn2cc(Br)c(C)n2)cc([N+](=O)[O-])c1. The number of hydrogen-bond donors (Lipinski definition) is 1. The molecule has 0 saturated heterocycles. The van der Waals surface area contributed by atoms with Crippen LogP contribution in [0, 0.1) is 24.0 Å². The summed E-state index contributed by atoms with van der Waals surface area (Å²) < 4.78 is 8.04. The fourth-order valence-corrected chi connectivity index (χ4v) is 3.14. The van der Waals surface area contributed by atoms with E-state index in [2.05, 4.69) is 26.3 Å². The first-order valence-corrected chi connectivity index (χ1v) is 9.61. The molecule has 0 bridgehead atoms. The Labute approximate surface area is 179 Å². The van der Waals surface area contributed by atoms with Crippen molar-refractivity contribution in [3.63, 3.8) is 0 Å². The van der Waals surface area contributed by atoms with Gasteiger partial charge in [-0.2, -0.15) is 5.10 Å². The van der Waals surface area contributed by atoms with E-state index in [1.807, 2.05) is 6.92 Å². The fourth-order valence-electron chi connectivity index (χ4n) is 2.60. The molecule has 29 heavy (non-hydrogen) atoms. The number of nitrogens with one attached hydrogen (secondary N) is 1. The smallest absolute Gasteiger partial charge is 0.275 e. The number of nitro groups is 1. The third-order valence-corrected chi connectivity index (χ3v) is 4.96. The molecule has 0 aliphatic rings. The lowest BCUT2D eigenvalue weighted by molar-refractivity contribution is -0.384. The summed E-state index contributed by atoms with van der Waals surface area (Å²) in [5, 5.41) is 18.7. The topological polar surface area (TPSA) is 99.3 Å². The molecule has 0 radical (unpaired) electrons. The second-order valence-electron chi connectivity index (χ2n) is 6.29. The Morgan fingerprint density at radius 3 is 2.69 bits per heavy atom. The van der Waals surface area contributed by atoms with Crippen LogP contribution in [0.25, 0.3) is 0 Å². The van der Waals surface area contributed by atoms with Crippen molar-refractivity contribution < 1.29 is 14.5 Å². The van der Waals surface area contributed by atoms with E-state index in [4.69, 9.17) is 16.3 Å². The van der Waals surface area contributed by atoms with Gasteiger partial charge in [0.2, 0.25) is 5.91 Å². The number of carbonyl (C=O) groups excluding carboxylic acids is 1. The molecule has 1 N–H and O–H groups in total. The maximum Gasteiger partial charge on any atom is 0.275 e. The Morgan fingerprint density at radius 1 is 1.31 bits per heavy atom. The van der Waals surface area contributed by atoms with E-state index in [1.165, 1.54) is 22.9 Å². The molecule has 3 aromatic rings. The van der Waals surface area contributed by atoms with Crippen LogP contribution in [0.4, 0.5) is 11.4 Å². The Hall–Kier alpha value is -2.91. The molecule has 1 aromatic heterocycles. The van der Waals surface area contributed by atoms with Gasteiger partial charge in [-0.15, -0.1) is 0 Å². The van der Waals surface area contributed by atoms with E-state index < -0.39 is 4.92 Å². The van der Waals surface area contributed by atoms with Crippen molar-refractivity contribution in [2.75, 3.05) is 5.32 Å². The predicted molar refractivity (Wildman–Crippen MR) is 113 cm³/mol. The molecule has 0 atom stereocenters. The van der Waals surface area contributed by atoms with Crippen molar-refractivity contribution in [2.45, 2.75) is 20.4 Å². The summed E-state index contributed by atoms with van der Waals surface area (Å²) in [7, 11) is 0. The van der Waals surface area contributed by atoms with Gasteiger partial charge in [0.25, 0.3) is 5.69 Å². The van der Waals surface area contributed by atoms with E-state index in [9.17, 15) is 14.9 Å². The lowest BCUT2D eigenvalue weighted by atomic mass is 10.2. The molecule has 0 unspecified atom stereocenters. The van der Waals surface area contributed by atoms with Crippen LogP contribution in [0.15, 0.2) is 47.1 Å². The van der Waals surface area contributed by atoms with Gasteiger partial charge >= 0.3 is 0 Å². The molecule has 3 rings (SSSR count). The Balaban J connectivity index is 1.82. The Morgan fingerprint density at radius 2 is 2.07 bits per heavy atom. The number of benzene rings is 2. The number of aromatic nitrogens is 2. The van der Waals surface area contributed by atoms with E-state index in [0.717, 1.165) is 15.7 Å². The van der Waals surface area contributed by atoms with Gasteiger partial charge < -0.3 is 10.1 Å². The Kier molecular flexibility index (Phi) is 6.19. The minimum atomic E-state index is -0.550. The average Bonchev–Trinajstić information content (AvgIpc) is 2.94. The lowest BCUT2D eigenvalue weighted by Gasteiger charge is -2.11. The highest BCUT2D eigenvalue weighted by atomic mass is 79.9. The maximum absolute atomic E-state index is 12.3. The van der Waals surface area contributed by atoms with Crippen molar-refractivity contribution in [1.29, 1.82) is 0 Å². The minimum Gasteiger partial charge on any atom is -0.457 e. The molecular weight excluding hydrogens is 464 g/mol. The van der Waals surface area contributed by atoms with E-state index in [0.29, 0.717) is 10.8 Å². The first kappa shape index (κ1) is 20.8. The summed E-state index contributed by atoms with van der Waals surface area (Å²) in [6.45, 7) is 3.58. The van der Waals surface area contributed by atoms with Crippen molar-refractivity contribution in [2.24, 2.45) is 0 Å². The zero-order chi connectivity index (χ0) is 21.1. The largest absolute Gasteiger partial charge is 0.457 e. The van der Waals surface area contributed by atoms with Crippen LogP contribution >= 0.6 is 27.5 Å². The van der Waals surface area contributed by atoms with Crippen LogP contribution < -0.4 is 10.1 Å². The fraction of sp³-hybridized carbons (Fsp3) is 0.158. The molecule has 0 aliphatic heterocycles. The van der Waals surface area contributed by atoms with Crippen molar-refractivity contribution >= 4 is 44.8 Å². The van der Waals surface area contributed by atoms with Gasteiger partial charge in [0.1, 0.15) is 18.0 Å². The molecular formula is C19H16BrClN4O4. The number of hydrogen-bond acceptors (Lipinski definition) is 5. The van der Waals surface area contributed by atoms with Crippen LogP contribution in [0.5, 0.6) is 11.5 Å². The summed E-state index contributed by atoms with van der Waals surface area (Å²) in [6.07, 6.45) is 1.68. The van der Waals surface area contributed by atoms with Gasteiger partial charge in [-0.1, -0.05) is 11.6 Å². The highest BCUT2D eigenvalue weighted by molar-refractivity contribution is 9.10. The second kappa shape index (κ2) is 8.62. The zero-order valence-electron chi connectivity index (χ0n) is 15.5. The van der Waals surface area contributed by atoms with Gasteiger partial charge in [0.15, 0.2) is 0 Å². The number of nitro benzene ring substituents is 1. The summed E-state index contributed by atoms with van der Waals surface area (Å²) in [4.78, 5) is 23.1. The number of carbonyl (C=O) groups is 1. The quantitative estimate of drug-likeness (QED) is 0.384. The third kappa shape index (κ3) is 5.33. The highest BCUT2D eigenvalue weighted by Crippen LogP contribution is 2.32. The summed E-state index contributed by atoms with van der Waals surface area (Å²) in [5.74, 6) is 0.343. The molecule has 1 amide bonds. The number of anilines is 1. The van der Waals surface area contributed by atoms with Crippen molar-refractivity contribution in [1.82, 2.24) is 9.78 Å². The molecule has 2 aromatic carbocycles. The number of ether oxygens (including phenoxy) is 1. The number of aryl methyl sites for hydroxylation is 2. The standard InChI is InChI=1S/C19H16BrClN4O4/c1-11-5-13(21)3-4-18(11)29-16-7-14(6-15(8-16)25(27)28)22-19(26)10-24-9-17(20)12(2)23-24/h3-9H,10H2,1-2H3,(H,22,26). The van der Waals surface area contributed by atoms with Gasteiger partial charge in [-0.3, -0.25) is 19.6 Å².